The van der Waals surface area contributed by atoms with Gasteiger partial charge in [0.1, 0.15) is 9.84 Å². The molecule has 118 valence electrons. The van der Waals surface area contributed by atoms with Gasteiger partial charge in [-0.3, -0.25) is 4.79 Å². The molecule has 0 unspecified atom stereocenters. The number of hydrogen-bond acceptors (Lipinski definition) is 3. The molecular formula is C18H17NO3S. The van der Waals surface area contributed by atoms with Crippen LogP contribution in [0.5, 0.6) is 0 Å². The molecule has 0 radical (unpaired) electrons. The van der Waals surface area contributed by atoms with E-state index >= 15 is 0 Å². The maximum Gasteiger partial charge on any atom is 0.225 e. The summed E-state index contributed by atoms with van der Waals surface area (Å²) in [7, 11) is -3.16. The van der Waals surface area contributed by atoms with Gasteiger partial charge in [-0.05, 0) is 24.3 Å². The topological polar surface area (TPSA) is 63.2 Å². The van der Waals surface area contributed by atoms with Crippen LogP contribution in [0.1, 0.15) is 17.5 Å². The van der Waals surface area contributed by atoms with Crippen molar-refractivity contribution in [2.24, 2.45) is 0 Å². The number of anilines is 1. The van der Waals surface area contributed by atoms with Crippen molar-refractivity contribution >= 4 is 21.4 Å². The normalized spacial score (nSPS) is 10.5. The second kappa shape index (κ2) is 7.61. The molecule has 0 aliphatic heterocycles. The number of carbonyl (C=O) groups is 1. The predicted octanol–water partition coefficient (Wildman–Crippen LogP) is 2.46. The molecular weight excluding hydrogens is 310 g/mol. The fourth-order valence-electron chi connectivity index (χ4n) is 1.85. The van der Waals surface area contributed by atoms with Crippen LogP contribution in [-0.2, 0) is 14.6 Å². The van der Waals surface area contributed by atoms with Crippen LogP contribution >= 0.6 is 0 Å². The standard InChI is InChI=1S/C18H17NO3S/c1-23(21,22)14-13-18(20)19-17-10-6-5-9-16(17)12-11-15-7-3-2-4-8-15/h2-10H,13-14H2,1H3,(H,19,20). The molecule has 2 rings (SSSR count). The molecule has 0 atom stereocenters. The van der Waals surface area contributed by atoms with Gasteiger partial charge in [-0.25, -0.2) is 8.42 Å². The van der Waals surface area contributed by atoms with Crippen molar-refractivity contribution in [1.29, 1.82) is 0 Å². The molecule has 0 fully saturated rings. The zero-order valence-corrected chi connectivity index (χ0v) is 13.6. The van der Waals surface area contributed by atoms with E-state index in [0.29, 0.717) is 11.3 Å². The molecule has 1 amide bonds. The van der Waals surface area contributed by atoms with Gasteiger partial charge in [-0.2, -0.15) is 0 Å². The van der Waals surface area contributed by atoms with Crippen molar-refractivity contribution in [2.75, 3.05) is 17.3 Å². The van der Waals surface area contributed by atoms with Crippen molar-refractivity contribution in [3.8, 4) is 11.8 Å². The van der Waals surface area contributed by atoms with E-state index < -0.39 is 9.84 Å². The number of para-hydroxylation sites is 1. The van der Waals surface area contributed by atoms with Crippen LogP contribution in [-0.4, -0.2) is 26.3 Å². The van der Waals surface area contributed by atoms with E-state index in [0.717, 1.165) is 11.8 Å². The van der Waals surface area contributed by atoms with Gasteiger partial charge in [-0.1, -0.05) is 42.2 Å². The Hall–Kier alpha value is -2.58. The highest BCUT2D eigenvalue weighted by Gasteiger charge is 2.09. The third-order valence-electron chi connectivity index (χ3n) is 3.02. The van der Waals surface area contributed by atoms with Gasteiger partial charge >= 0.3 is 0 Å². The highest BCUT2D eigenvalue weighted by molar-refractivity contribution is 7.90. The van der Waals surface area contributed by atoms with E-state index in [1.807, 2.05) is 42.5 Å². The fraction of sp³-hybridized carbons (Fsp3) is 0.167. The van der Waals surface area contributed by atoms with Crippen LogP contribution in [0.3, 0.4) is 0 Å². The SMILES string of the molecule is CS(=O)(=O)CCC(=O)Nc1ccccc1C#Cc1ccccc1. The van der Waals surface area contributed by atoms with Gasteiger partial charge in [0.05, 0.1) is 11.4 Å². The third kappa shape index (κ3) is 5.97. The summed E-state index contributed by atoms with van der Waals surface area (Å²) in [6.45, 7) is 0. The molecule has 1 N–H and O–H groups in total. The quantitative estimate of drug-likeness (QED) is 0.878. The van der Waals surface area contributed by atoms with Gasteiger partial charge < -0.3 is 5.32 Å². The van der Waals surface area contributed by atoms with Crippen LogP contribution in [0.4, 0.5) is 5.69 Å². The average molecular weight is 327 g/mol. The number of carbonyl (C=O) groups excluding carboxylic acids is 1. The molecule has 2 aromatic rings. The Morgan fingerprint density at radius 3 is 2.35 bits per heavy atom. The second-order valence-electron chi connectivity index (χ2n) is 5.09. The van der Waals surface area contributed by atoms with E-state index in [1.54, 1.807) is 12.1 Å². The Kier molecular flexibility index (Phi) is 5.56. The Balaban J connectivity index is 2.12. The average Bonchev–Trinajstić information content (AvgIpc) is 2.52. The van der Waals surface area contributed by atoms with E-state index in [9.17, 15) is 13.2 Å². The lowest BCUT2D eigenvalue weighted by Crippen LogP contribution is -2.17. The maximum atomic E-state index is 11.9. The Labute approximate surface area is 136 Å². The number of sulfone groups is 1. The zero-order valence-electron chi connectivity index (χ0n) is 12.7. The zero-order chi connectivity index (χ0) is 16.7. The Morgan fingerprint density at radius 1 is 1.00 bits per heavy atom. The first-order valence-electron chi connectivity index (χ1n) is 7.08. The van der Waals surface area contributed by atoms with Crippen molar-refractivity contribution < 1.29 is 13.2 Å². The van der Waals surface area contributed by atoms with Gasteiger partial charge in [0.2, 0.25) is 5.91 Å². The van der Waals surface area contributed by atoms with Crippen molar-refractivity contribution in [3.05, 3.63) is 65.7 Å². The second-order valence-corrected chi connectivity index (χ2v) is 7.35. The number of rotatable bonds is 4. The summed E-state index contributed by atoms with van der Waals surface area (Å²) in [5.74, 6) is 5.54. The van der Waals surface area contributed by atoms with Crippen LogP contribution < -0.4 is 5.32 Å². The van der Waals surface area contributed by atoms with Crippen molar-refractivity contribution in [3.63, 3.8) is 0 Å². The van der Waals surface area contributed by atoms with Gasteiger partial charge in [-0.15, -0.1) is 0 Å². The number of nitrogens with one attached hydrogen (secondary N) is 1. The molecule has 0 aliphatic carbocycles. The lowest BCUT2D eigenvalue weighted by atomic mass is 10.1. The highest BCUT2D eigenvalue weighted by atomic mass is 32.2. The molecule has 5 heteroatoms. The van der Waals surface area contributed by atoms with Crippen LogP contribution in [0.2, 0.25) is 0 Å². The monoisotopic (exact) mass is 327 g/mol. The van der Waals surface area contributed by atoms with Gasteiger partial charge in [0.25, 0.3) is 0 Å². The van der Waals surface area contributed by atoms with E-state index in [2.05, 4.69) is 17.2 Å². The van der Waals surface area contributed by atoms with Crippen LogP contribution in [0.15, 0.2) is 54.6 Å². The Morgan fingerprint density at radius 2 is 1.65 bits per heavy atom. The van der Waals surface area contributed by atoms with E-state index in [-0.39, 0.29) is 18.1 Å². The molecule has 0 aromatic heterocycles. The minimum Gasteiger partial charge on any atom is -0.325 e. The molecule has 0 saturated carbocycles. The molecule has 2 aromatic carbocycles. The fourth-order valence-corrected chi connectivity index (χ4v) is 2.41. The van der Waals surface area contributed by atoms with Crippen LogP contribution in [0.25, 0.3) is 0 Å². The molecule has 0 heterocycles. The third-order valence-corrected chi connectivity index (χ3v) is 3.96. The minimum absolute atomic E-state index is 0.0702. The smallest absolute Gasteiger partial charge is 0.225 e. The summed E-state index contributed by atoms with van der Waals surface area (Å²) in [4.78, 5) is 11.9. The maximum absolute atomic E-state index is 11.9. The summed E-state index contributed by atoms with van der Waals surface area (Å²) >= 11 is 0. The van der Waals surface area contributed by atoms with Crippen molar-refractivity contribution in [1.82, 2.24) is 0 Å². The first kappa shape index (κ1) is 16.8. The van der Waals surface area contributed by atoms with Gasteiger partial charge in [0, 0.05) is 23.8 Å². The minimum atomic E-state index is -3.16. The summed E-state index contributed by atoms with van der Waals surface area (Å²) in [6.07, 6.45) is 1.04. The predicted molar refractivity (Wildman–Crippen MR) is 91.8 cm³/mol. The summed E-state index contributed by atoms with van der Waals surface area (Å²) in [5, 5.41) is 2.71. The largest absolute Gasteiger partial charge is 0.325 e. The van der Waals surface area contributed by atoms with Gasteiger partial charge in [0.15, 0.2) is 0 Å². The molecule has 23 heavy (non-hydrogen) atoms. The molecule has 0 saturated heterocycles. The summed E-state index contributed by atoms with van der Waals surface area (Å²) < 4.78 is 22.2. The van der Waals surface area contributed by atoms with E-state index in [4.69, 9.17) is 0 Å². The highest BCUT2D eigenvalue weighted by Crippen LogP contribution is 2.14. The first-order valence-corrected chi connectivity index (χ1v) is 9.14. The molecule has 0 aliphatic rings. The lowest BCUT2D eigenvalue weighted by Gasteiger charge is -2.07. The number of amides is 1. The molecule has 0 bridgehead atoms. The molecule has 4 nitrogen and oxygen atoms in total. The first-order chi connectivity index (χ1) is 10.9. The molecule has 0 spiro atoms. The van der Waals surface area contributed by atoms with Crippen LogP contribution in [0, 0.1) is 11.8 Å². The summed E-state index contributed by atoms with van der Waals surface area (Å²) in [5.41, 5.74) is 2.14. The number of hydrogen-bond donors (Lipinski definition) is 1. The number of benzene rings is 2. The summed E-state index contributed by atoms with van der Waals surface area (Å²) in [6, 6.07) is 16.7. The lowest BCUT2D eigenvalue weighted by molar-refractivity contribution is -0.115. The van der Waals surface area contributed by atoms with Crippen molar-refractivity contribution in [2.45, 2.75) is 6.42 Å². The van der Waals surface area contributed by atoms with E-state index in [1.165, 1.54) is 0 Å². The Bertz CT molecular complexity index is 847.